The average Bonchev–Trinajstić information content (AvgIpc) is 3.43. The van der Waals surface area contributed by atoms with Gasteiger partial charge in [-0.1, -0.05) is 121 Å². The first-order valence-corrected chi connectivity index (χ1v) is 13.8. The van der Waals surface area contributed by atoms with Gasteiger partial charge in [-0.15, -0.1) is 0 Å². The normalized spacial score (nSPS) is 12.0. The molecule has 4 heteroatoms. The molecular weight excluding hydrogens is 501 g/mol. The van der Waals surface area contributed by atoms with E-state index in [0.717, 1.165) is 38.9 Å². The van der Waals surface area contributed by atoms with E-state index >= 15 is 0 Å². The molecule has 7 aromatic rings. The van der Waals surface area contributed by atoms with Crippen LogP contribution in [0.2, 0.25) is 0 Å². The summed E-state index contributed by atoms with van der Waals surface area (Å²) in [6.07, 6.45) is 1.81. The van der Waals surface area contributed by atoms with Crippen molar-refractivity contribution in [3.8, 4) is 45.2 Å². The van der Waals surface area contributed by atoms with Crippen LogP contribution in [0.3, 0.4) is 0 Å². The van der Waals surface area contributed by atoms with Gasteiger partial charge in [-0.2, -0.15) is 0 Å². The highest BCUT2D eigenvalue weighted by Gasteiger charge is 2.40. The van der Waals surface area contributed by atoms with E-state index in [0.29, 0.717) is 5.95 Å². The summed E-state index contributed by atoms with van der Waals surface area (Å²) in [5.41, 5.74) is 10.7. The molecule has 0 spiro atoms. The number of hydrogen-bond donors (Lipinski definition) is 0. The van der Waals surface area contributed by atoms with Gasteiger partial charge in [0.1, 0.15) is 11.3 Å². The fourth-order valence-corrected chi connectivity index (χ4v) is 6.17. The fourth-order valence-electron chi connectivity index (χ4n) is 6.17. The number of nitrogens with zero attached hydrogens (tertiary/aromatic N) is 1. The van der Waals surface area contributed by atoms with E-state index in [1.807, 2.05) is 36.5 Å². The Hall–Kier alpha value is -5.35. The molecule has 0 unspecified atom stereocenters. The van der Waals surface area contributed by atoms with Crippen LogP contribution in [-0.4, -0.2) is 11.7 Å². The quantitative estimate of drug-likeness (QED) is 0.224. The number of fused-ring (bicyclic) bond motifs is 4. The SMILES string of the molecule is c1ccc(-c2cccc(-c3ccccc3)c2B2c3ccccc3Oc3oc4c(-c5ccccn5)cccc4c32)cc1. The van der Waals surface area contributed by atoms with Crippen LogP contribution in [0.4, 0.5) is 0 Å². The predicted molar refractivity (Wildman–Crippen MR) is 168 cm³/mol. The van der Waals surface area contributed by atoms with Crippen molar-refractivity contribution in [3.05, 3.63) is 146 Å². The third-order valence-electron chi connectivity index (χ3n) is 7.95. The Bertz CT molecular complexity index is 1960. The number of aromatic nitrogens is 1. The summed E-state index contributed by atoms with van der Waals surface area (Å²) < 4.78 is 13.1. The number of hydrogen-bond acceptors (Lipinski definition) is 3. The average molecular weight is 525 g/mol. The molecule has 0 fully saturated rings. The number of furan rings is 1. The molecular formula is C37H24BNO2. The van der Waals surface area contributed by atoms with Crippen molar-refractivity contribution in [3.63, 3.8) is 0 Å². The smallest absolute Gasteiger partial charge is 0.285 e. The molecule has 0 bridgehead atoms. The highest BCUT2D eigenvalue weighted by Crippen LogP contribution is 2.37. The second kappa shape index (κ2) is 9.69. The van der Waals surface area contributed by atoms with Crippen molar-refractivity contribution in [2.24, 2.45) is 0 Å². The Morgan fingerprint density at radius 2 is 1.15 bits per heavy atom. The maximum atomic E-state index is 6.61. The van der Waals surface area contributed by atoms with Crippen LogP contribution in [0.5, 0.6) is 11.7 Å². The van der Waals surface area contributed by atoms with Gasteiger partial charge in [0.2, 0.25) is 0 Å². The minimum Gasteiger partial charge on any atom is -0.427 e. The monoisotopic (exact) mass is 525 g/mol. The van der Waals surface area contributed by atoms with Gasteiger partial charge in [0.25, 0.3) is 12.7 Å². The standard InChI is InChI=1S/C37H24BNO2/c1-3-13-25(14-4-1)27-17-11-18-28(26-15-5-2-6-16-26)34(27)38-31-21-7-8-23-33(31)40-37-35(38)30-20-12-19-29(36(30)41-37)32-22-9-10-24-39-32/h1-24H. The van der Waals surface area contributed by atoms with Gasteiger partial charge in [0, 0.05) is 22.6 Å². The summed E-state index contributed by atoms with van der Waals surface area (Å²) in [5, 5.41) is 1.03. The lowest BCUT2D eigenvalue weighted by molar-refractivity contribution is 0.364. The van der Waals surface area contributed by atoms with Gasteiger partial charge in [0.15, 0.2) is 0 Å². The van der Waals surface area contributed by atoms with E-state index in [1.54, 1.807) is 0 Å². The zero-order valence-electron chi connectivity index (χ0n) is 22.2. The molecule has 0 atom stereocenters. The van der Waals surface area contributed by atoms with Crippen molar-refractivity contribution in [1.29, 1.82) is 0 Å². The first-order chi connectivity index (χ1) is 20.4. The minimum atomic E-state index is -0.123. The van der Waals surface area contributed by atoms with Crippen LogP contribution in [-0.2, 0) is 0 Å². The van der Waals surface area contributed by atoms with E-state index in [1.165, 1.54) is 27.7 Å². The van der Waals surface area contributed by atoms with E-state index in [9.17, 15) is 0 Å². The van der Waals surface area contributed by atoms with Crippen molar-refractivity contribution in [2.75, 3.05) is 0 Å². The van der Waals surface area contributed by atoms with Crippen LogP contribution in [0.1, 0.15) is 0 Å². The van der Waals surface area contributed by atoms with E-state index in [2.05, 4.69) is 114 Å². The summed E-state index contributed by atoms with van der Waals surface area (Å²) in [5.74, 6) is 1.35. The van der Waals surface area contributed by atoms with E-state index in [-0.39, 0.29) is 6.71 Å². The fraction of sp³-hybridized carbons (Fsp3) is 0. The Kier molecular flexibility index (Phi) is 5.56. The summed E-state index contributed by atoms with van der Waals surface area (Å²) >= 11 is 0. The van der Waals surface area contributed by atoms with Crippen LogP contribution >= 0.6 is 0 Å². The largest absolute Gasteiger partial charge is 0.427 e. The van der Waals surface area contributed by atoms with E-state index in [4.69, 9.17) is 9.15 Å². The predicted octanol–water partition coefficient (Wildman–Crippen LogP) is 7.45. The molecule has 8 rings (SSSR count). The minimum absolute atomic E-state index is 0.123. The van der Waals surface area contributed by atoms with Crippen LogP contribution in [0.25, 0.3) is 44.5 Å². The van der Waals surface area contributed by atoms with Gasteiger partial charge in [-0.05, 0) is 52.0 Å². The van der Waals surface area contributed by atoms with Gasteiger partial charge in [-0.25, -0.2) is 0 Å². The molecule has 1 aliphatic heterocycles. The topological polar surface area (TPSA) is 35.3 Å². The van der Waals surface area contributed by atoms with Gasteiger partial charge >= 0.3 is 0 Å². The van der Waals surface area contributed by atoms with Crippen LogP contribution < -0.4 is 21.1 Å². The lowest BCUT2D eigenvalue weighted by Gasteiger charge is -2.27. The molecule has 0 radical (unpaired) electrons. The number of para-hydroxylation sites is 2. The summed E-state index contributed by atoms with van der Waals surface area (Å²) in [7, 11) is 0. The molecule has 0 saturated heterocycles. The van der Waals surface area contributed by atoms with Crippen molar-refractivity contribution >= 4 is 34.1 Å². The number of rotatable bonds is 4. The van der Waals surface area contributed by atoms with Crippen molar-refractivity contribution < 1.29 is 9.15 Å². The first-order valence-electron chi connectivity index (χ1n) is 13.8. The molecule has 41 heavy (non-hydrogen) atoms. The molecule has 3 heterocycles. The summed E-state index contributed by atoms with van der Waals surface area (Å²) in [6, 6.07) is 48.5. The number of benzene rings is 5. The second-order valence-electron chi connectivity index (χ2n) is 10.3. The molecule has 192 valence electrons. The van der Waals surface area contributed by atoms with Gasteiger partial charge in [0.05, 0.1) is 5.69 Å². The molecule has 1 aliphatic rings. The summed E-state index contributed by atoms with van der Waals surface area (Å²) in [6.45, 7) is -0.123. The molecule has 0 aliphatic carbocycles. The zero-order chi connectivity index (χ0) is 27.2. The Morgan fingerprint density at radius 1 is 0.512 bits per heavy atom. The highest BCUT2D eigenvalue weighted by atomic mass is 16.6. The maximum absolute atomic E-state index is 6.61. The lowest BCUT2D eigenvalue weighted by Crippen LogP contribution is -2.55. The molecule has 0 saturated carbocycles. The number of pyridine rings is 1. The third kappa shape index (κ3) is 3.88. The molecule has 2 aromatic heterocycles. The maximum Gasteiger partial charge on any atom is 0.285 e. The molecule has 0 amide bonds. The molecule has 0 N–H and O–H groups in total. The number of ether oxygens (including phenoxy) is 1. The first kappa shape index (κ1) is 23.5. The second-order valence-corrected chi connectivity index (χ2v) is 10.3. The summed E-state index contributed by atoms with van der Waals surface area (Å²) in [4.78, 5) is 4.63. The third-order valence-corrected chi connectivity index (χ3v) is 7.95. The van der Waals surface area contributed by atoms with E-state index < -0.39 is 0 Å². The van der Waals surface area contributed by atoms with Crippen molar-refractivity contribution in [1.82, 2.24) is 4.98 Å². The van der Waals surface area contributed by atoms with Crippen molar-refractivity contribution in [2.45, 2.75) is 0 Å². The van der Waals surface area contributed by atoms with Gasteiger partial charge in [-0.3, -0.25) is 4.98 Å². The van der Waals surface area contributed by atoms with Crippen LogP contribution in [0, 0.1) is 0 Å². The molecule has 3 nitrogen and oxygen atoms in total. The lowest BCUT2D eigenvalue weighted by atomic mass is 9.34. The Morgan fingerprint density at radius 3 is 1.85 bits per heavy atom. The Labute approximate surface area is 238 Å². The Balaban J connectivity index is 1.48. The highest BCUT2D eigenvalue weighted by molar-refractivity contribution is 6.99. The van der Waals surface area contributed by atoms with Crippen LogP contribution in [0.15, 0.2) is 150 Å². The van der Waals surface area contributed by atoms with Gasteiger partial charge < -0.3 is 9.15 Å². The zero-order valence-corrected chi connectivity index (χ0v) is 22.2. The molecule has 5 aromatic carbocycles.